The van der Waals surface area contributed by atoms with Crippen molar-refractivity contribution in [1.82, 2.24) is 4.90 Å². The summed E-state index contributed by atoms with van der Waals surface area (Å²) in [7, 11) is 0. The summed E-state index contributed by atoms with van der Waals surface area (Å²) in [4.78, 5) is 12.9. The molecule has 4 N–H and O–H groups in total. The molecule has 0 spiro atoms. The van der Waals surface area contributed by atoms with Crippen LogP contribution < -0.4 is 11.5 Å². The third-order valence-corrected chi connectivity index (χ3v) is 6.30. The molecule has 1 unspecified atom stereocenters. The lowest BCUT2D eigenvalue weighted by atomic mass is 9.51. The molecule has 1 aromatic rings. The smallest absolute Gasteiger partial charge is 0.397 e. The number of rotatable bonds is 0. The molecule has 1 aromatic carbocycles. The molecule has 2 atom stereocenters. The monoisotopic (exact) mass is 341 g/mol. The number of fused-ring (bicyclic) bond motifs is 4. The van der Waals surface area contributed by atoms with Crippen LogP contribution in [0.5, 0.6) is 0 Å². The van der Waals surface area contributed by atoms with Crippen LogP contribution in [0.3, 0.4) is 0 Å². The molecule has 0 radical (unpaired) electrons. The number of carbonyl (C=O) groups excluding carboxylic acids is 1. The minimum Gasteiger partial charge on any atom is -0.397 e. The van der Waals surface area contributed by atoms with Crippen LogP contribution in [-0.4, -0.2) is 29.6 Å². The maximum Gasteiger partial charge on any atom is 0.471 e. The Hall–Kier alpha value is -1.92. The molecule has 1 saturated heterocycles. The minimum atomic E-state index is -4.86. The highest BCUT2D eigenvalue weighted by atomic mass is 19.4. The summed E-state index contributed by atoms with van der Waals surface area (Å²) in [6, 6.07) is 3.07. The van der Waals surface area contributed by atoms with E-state index in [0.29, 0.717) is 24.2 Å². The van der Waals surface area contributed by atoms with Crippen molar-refractivity contribution in [3.8, 4) is 0 Å². The van der Waals surface area contributed by atoms with E-state index >= 15 is 0 Å². The van der Waals surface area contributed by atoms with Gasteiger partial charge in [-0.1, -0.05) is 20.8 Å². The molecule has 132 valence electrons. The van der Waals surface area contributed by atoms with Crippen LogP contribution in [0.2, 0.25) is 0 Å². The molecule has 3 rings (SSSR count). The average Bonchev–Trinajstić information content (AvgIpc) is 2.44. The number of nitrogens with two attached hydrogens (primary N) is 2. The highest BCUT2D eigenvalue weighted by Gasteiger charge is 2.59. The van der Waals surface area contributed by atoms with Crippen LogP contribution in [0.1, 0.15) is 38.3 Å². The molecular weight excluding hydrogens is 319 g/mol. The highest BCUT2D eigenvalue weighted by Crippen LogP contribution is 2.57. The molecule has 1 amide bonds. The van der Waals surface area contributed by atoms with Crippen LogP contribution in [0.15, 0.2) is 12.1 Å². The Bertz CT molecular complexity index is 714. The van der Waals surface area contributed by atoms with Gasteiger partial charge in [-0.05, 0) is 41.5 Å². The maximum absolute atomic E-state index is 13.0. The zero-order chi connectivity index (χ0) is 18.1. The summed E-state index contributed by atoms with van der Waals surface area (Å²) in [5.41, 5.74) is 13.8. The fraction of sp³-hybridized carbons (Fsp3) is 0.588. The van der Waals surface area contributed by atoms with Gasteiger partial charge in [-0.15, -0.1) is 0 Å². The lowest BCUT2D eigenvalue weighted by Gasteiger charge is -2.60. The number of hydrogen-bond acceptors (Lipinski definition) is 3. The zero-order valence-corrected chi connectivity index (χ0v) is 14.0. The third-order valence-electron chi connectivity index (χ3n) is 6.30. The van der Waals surface area contributed by atoms with E-state index in [9.17, 15) is 18.0 Å². The van der Waals surface area contributed by atoms with Crippen LogP contribution in [0.4, 0.5) is 24.5 Å². The number of piperidine rings is 1. The first-order chi connectivity index (χ1) is 10.9. The number of nitrogen functional groups attached to an aromatic ring is 2. The molecule has 1 aliphatic carbocycles. The molecule has 2 bridgehead atoms. The number of nitrogens with zero attached hydrogens (tertiary/aromatic N) is 1. The molecule has 0 aromatic heterocycles. The van der Waals surface area contributed by atoms with E-state index < -0.39 is 23.5 Å². The van der Waals surface area contributed by atoms with Gasteiger partial charge in [0.25, 0.3) is 0 Å². The first-order valence-electron chi connectivity index (χ1n) is 7.96. The van der Waals surface area contributed by atoms with Gasteiger partial charge in [0, 0.05) is 18.0 Å². The van der Waals surface area contributed by atoms with Gasteiger partial charge in [-0.3, -0.25) is 4.79 Å². The van der Waals surface area contributed by atoms with Gasteiger partial charge in [0.05, 0.1) is 11.4 Å². The Morgan fingerprint density at radius 1 is 1.21 bits per heavy atom. The Balaban J connectivity index is 2.13. The SMILES string of the molecule is CC12CCN(C(=O)C(F)(F)F)[C@H](Cc3cc(N)c(N)cc31)C2(C)C. The van der Waals surface area contributed by atoms with E-state index in [0.717, 1.165) is 16.0 Å². The largest absolute Gasteiger partial charge is 0.471 e. The van der Waals surface area contributed by atoms with Crippen LogP contribution >= 0.6 is 0 Å². The second kappa shape index (κ2) is 4.80. The summed E-state index contributed by atoms with van der Waals surface area (Å²) in [5, 5.41) is 0. The van der Waals surface area contributed by atoms with E-state index in [1.165, 1.54) is 0 Å². The van der Waals surface area contributed by atoms with Crippen LogP contribution in [-0.2, 0) is 16.6 Å². The van der Waals surface area contributed by atoms with Crippen molar-refractivity contribution in [1.29, 1.82) is 0 Å². The lowest BCUT2D eigenvalue weighted by molar-refractivity contribution is -0.195. The van der Waals surface area contributed by atoms with Gasteiger partial charge in [-0.2, -0.15) is 13.2 Å². The normalized spacial score (nSPS) is 28.4. The van der Waals surface area contributed by atoms with Gasteiger partial charge in [-0.25, -0.2) is 0 Å². The lowest BCUT2D eigenvalue weighted by Crippen LogP contribution is -2.66. The van der Waals surface area contributed by atoms with E-state index in [-0.39, 0.29) is 12.0 Å². The predicted octanol–water partition coefficient (Wildman–Crippen LogP) is 2.85. The summed E-state index contributed by atoms with van der Waals surface area (Å²) in [6.07, 6.45) is -4.05. The first kappa shape index (κ1) is 16.9. The Labute approximate surface area is 139 Å². The molecule has 1 aliphatic heterocycles. The van der Waals surface area contributed by atoms with Crippen molar-refractivity contribution < 1.29 is 18.0 Å². The van der Waals surface area contributed by atoms with E-state index in [2.05, 4.69) is 0 Å². The van der Waals surface area contributed by atoms with Gasteiger partial charge >= 0.3 is 12.1 Å². The van der Waals surface area contributed by atoms with Gasteiger partial charge in [0.1, 0.15) is 0 Å². The Kier molecular flexibility index (Phi) is 3.38. The molecule has 2 aliphatic rings. The van der Waals surface area contributed by atoms with Gasteiger partial charge < -0.3 is 16.4 Å². The summed E-state index contributed by atoms with van der Waals surface area (Å²) < 4.78 is 39.0. The number of anilines is 2. The summed E-state index contributed by atoms with van der Waals surface area (Å²) in [5.74, 6) is -1.76. The van der Waals surface area contributed by atoms with Gasteiger partial charge in [0.2, 0.25) is 0 Å². The topological polar surface area (TPSA) is 72.3 Å². The van der Waals surface area contributed by atoms with Crippen LogP contribution in [0.25, 0.3) is 0 Å². The molecule has 4 nitrogen and oxygen atoms in total. The average molecular weight is 341 g/mol. The van der Waals surface area contributed by atoms with Crippen molar-refractivity contribution in [3.05, 3.63) is 23.3 Å². The van der Waals surface area contributed by atoms with Crippen molar-refractivity contribution in [2.45, 2.75) is 51.2 Å². The van der Waals surface area contributed by atoms with Crippen molar-refractivity contribution >= 4 is 17.3 Å². The molecule has 24 heavy (non-hydrogen) atoms. The number of halogens is 3. The number of likely N-dealkylation sites (tertiary alicyclic amines) is 1. The molecule has 1 fully saturated rings. The fourth-order valence-electron chi connectivity index (χ4n) is 4.40. The Morgan fingerprint density at radius 2 is 1.79 bits per heavy atom. The Morgan fingerprint density at radius 3 is 2.38 bits per heavy atom. The number of benzene rings is 1. The zero-order valence-electron chi connectivity index (χ0n) is 14.0. The molecule has 1 heterocycles. The minimum absolute atomic E-state index is 0.0899. The van der Waals surface area contributed by atoms with E-state index in [1.54, 1.807) is 6.07 Å². The molecule has 0 saturated carbocycles. The van der Waals surface area contributed by atoms with Crippen molar-refractivity contribution in [2.75, 3.05) is 18.0 Å². The van der Waals surface area contributed by atoms with Crippen molar-refractivity contribution in [2.24, 2.45) is 5.41 Å². The van der Waals surface area contributed by atoms with Crippen LogP contribution in [0, 0.1) is 5.41 Å². The number of carbonyl (C=O) groups is 1. The summed E-state index contributed by atoms with van der Waals surface area (Å²) >= 11 is 0. The number of alkyl halides is 3. The molecular formula is C17H22F3N3O. The maximum atomic E-state index is 13.0. The highest BCUT2D eigenvalue weighted by molar-refractivity contribution is 5.83. The quantitative estimate of drug-likeness (QED) is 0.713. The second-order valence-electron chi connectivity index (χ2n) is 7.66. The van der Waals surface area contributed by atoms with E-state index in [4.69, 9.17) is 11.5 Å². The third kappa shape index (κ3) is 2.09. The number of amides is 1. The second-order valence-corrected chi connectivity index (χ2v) is 7.66. The fourth-order valence-corrected chi connectivity index (χ4v) is 4.40. The molecule has 7 heteroatoms. The standard InChI is InChI=1S/C17H22F3N3O/c1-15(2)13-7-9-6-11(21)12(22)8-10(9)16(15,3)4-5-23(13)14(24)17(18,19)20/h6,8,13H,4-5,7,21-22H2,1-3H3/t13-,16?/m1/s1. The van der Waals surface area contributed by atoms with Gasteiger partial charge in [0.15, 0.2) is 0 Å². The van der Waals surface area contributed by atoms with Crippen molar-refractivity contribution in [3.63, 3.8) is 0 Å². The number of hydrogen-bond donors (Lipinski definition) is 2. The predicted molar refractivity (Wildman–Crippen MR) is 86.3 cm³/mol. The van der Waals surface area contributed by atoms with E-state index in [1.807, 2.05) is 26.8 Å². The first-order valence-corrected chi connectivity index (χ1v) is 7.96. The summed E-state index contributed by atoms with van der Waals surface area (Å²) in [6.45, 7) is 6.00.